The molecule has 0 spiro atoms. The zero-order valence-electron chi connectivity index (χ0n) is 15.3. The molecule has 4 nitrogen and oxygen atoms in total. The molecule has 0 atom stereocenters. The Labute approximate surface area is 147 Å². The Hall–Kier alpha value is -1.58. The van der Waals surface area contributed by atoms with Crippen LogP contribution in [-0.2, 0) is 9.59 Å². The Morgan fingerprint density at radius 1 is 0.833 bits per heavy atom. The van der Waals surface area contributed by atoms with Crippen LogP contribution in [0.15, 0.2) is 24.3 Å². The number of unbranched alkanes of at least 4 members (excludes halogenated alkanes) is 8. The van der Waals surface area contributed by atoms with E-state index in [-0.39, 0.29) is 12.5 Å². The average Bonchev–Trinajstić information content (AvgIpc) is 2.56. The van der Waals surface area contributed by atoms with E-state index in [0.29, 0.717) is 6.42 Å². The lowest BCUT2D eigenvalue weighted by Gasteiger charge is -2.02. The number of carboxylic acids is 1. The Morgan fingerprint density at radius 2 is 1.42 bits per heavy atom. The van der Waals surface area contributed by atoms with Crippen molar-refractivity contribution >= 4 is 11.9 Å². The van der Waals surface area contributed by atoms with Gasteiger partial charge in [0, 0.05) is 6.42 Å². The van der Waals surface area contributed by atoms with Crippen LogP contribution in [0.25, 0.3) is 0 Å². The van der Waals surface area contributed by atoms with E-state index >= 15 is 0 Å². The fourth-order valence-electron chi connectivity index (χ4n) is 2.36. The van der Waals surface area contributed by atoms with Crippen molar-refractivity contribution in [1.82, 2.24) is 5.32 Å². The first kappa shape index (κ1) is 22.4. The molecule has 0 saturated heterocycles. The number of amides is 1. The third-order valence-electron chi connectivity index (χ3n) is 3.79. The van der Waals surface area contributed by atoms with E-state index in [1.54, 1.807) is 0 Å². The van der Waals surface area contributed by atoms with Crippen LogP contribution in [0.3, 0.4) is 0 Å². The first-order valence-corrected chi connectivity index (χ1v) is 9.45. The first-order valence-electron chi connectivity index (χ1n) is 9.45. The molecule has 0 aromatic rings. The molecule has 0 fully saturated rings. The predicted octanol–water partition coefficient (Wildman–Crippen LogP) is 5.00. The van der Waals surface area contributed by atoms with Gasteiger partial charge in [0.25, 0.3) is 0 Å². The highest BCUT2D eigenvalue weighted by atomic mass is 16.4. The fourth-order valence-corrected chi connectivity index (χ4v) is 2.36. The maximum absolute atomic E-state index is 11.3. The van der Waals surface area contributed by atoms with Crippen LogP contribution in [0, 0.1) is 0 Å². The highest BCUT2D eigenvalue weighted by Gasteiger charge is 2.02. The van der Waals surface area contributed by atoms with Gasteiger partial charge in [-0.1, -0.05) is 63.3 Å². The topological polar surface area (TPSA) is 66.4 Å². The zero-order valence-corrected chi connectivity index (χ0v) is 15.3. The van der Waals surface area contributed by atoms with Gasteiger partial charge in [0.05, 0.1) is 0 Å². The number of aliphatic carboxylic acids is 1. The van der Waals surface area contributed by atoms with Gasteiger partial charge in [-0.25, -0.2) is 0 Å². The highest BCUT2D eigenvalue weighted by molar-refractivity contribution is 5.80. The van der Waals surface area contributed by atoms with Gasteiger partial charge in [0.2, 0.25) is 5.91 Å². The molecule has 0 saturated carbocycles. The van der Waals surface area contributed by atoms with E-state index in [9.17, 15) is 9.59 Å². The summed E-state index contributed by atoms with van der Waals surface area (Å²) in [6.07, 6.45) is 22.1. The molecule has 0 aliphatic carbocycles. The van der Waals surface area contributed by atoms with E-state index in [0.717, 1.165) is 32.1 Å². The third-order valence-corrected chi connectivity index (χ3v) is 3.79. The molecule has 0 aliphatic heterocycles. The van der Waals surface area contributed by atoms with Gasteiger partial charge < -0.3 is 10.4 Å². The van der Waals surface area contributed by atoms with Gasteiger partial charge in [0.1, 0.15) is 6.54 Å². The van der Waals surface area contributed by atoms with Crippen LogP contribution >= 0.6 is 0 Å². The van der Waals surface area contributed by atoms with Crippen LogP contribution in [-0.4, -0.2) is 23.5 Å². The van der Waals surface area contributed by atoms with Crippen LogP contribution in [0.1, 0.15) is 84.0 Å². The lowest BCUT2D eigenvalue weighted by Crippen LogP contribution is -2.28. The Bertz CT molecular complexity index is 375. The monoisotopic (exact) mass is 337 g/mol. The number of allylic oxidation sites excluding steroid dienone is 4. The second-order valence-corrected chi connectivity index (χ2v) is 6.15. The second-order valence-electron chi connectivity index (χ2n) is 6.15. The van der Waals surface area contributed by atoms with Gasteiger partial charge in [0.15, 0.2) is 0 Å². The Balaban J connectivity index is 3.28. The van der Waals surface area contributed by atoms with E-state index in [2.05, 4.69) is 36.5 Å². The fraction of sp³-hybridized carbons (Fsp3) is 0.700. The van der Waals surface area contributed by atoms with E-state index < -0.39 is 5.97 Å². The van der Waals surface area contributed by atoms with Crippen LogP contribution < -0.4 is 5.32 Å². The Morgan fingerprint density at radius 3 is 2.04 bits per heavy atom. The number of carbonyl (C=O) groups excluding carboxylic acids is 1. The van der Waals surface area contributed by atoms with Crippen molar-refractivity contribution in [3.63, 3.8) is 0 Å². The van der Waals surface area contributed by atoms with Crippen molar-refractivity contribution in [2.75, 3.05) is 6.54 Å². The second kappa shape index (κ2) is 17.8. The molecule has 24 heavy (non-hydrogen) atoms. The molecule has 4 heteroatoms. The quantitative estimate of drug-likeness (QED) is 0.308. The lowest BCUT2D eigenvalue weighted by molar-refractivity contribution is -0.137. The molecule has 0 aromatic carbocycles. The first-order chi connectivity index (χ1) is 11.7. The summed E-state index contributed by atoms with van der Waals surface area (Å²) in [6, 6.07) is 0. The summed E-state index contributed by atoms with van der Waals surface area (Å²) in [4.78, 5) is 21.6. The van der Waals surface area contributed by atoms with E-state index in [1.807, 2.05) is 0 Å². The summed E-state index contributed by atoms with van der Waals surface area (Å²) in [5.41, 5.74) is 0. The minimum atomic E-state index is -0.997. The van der Waals surface area contributed by atoms with Gasteiger partial charge in [-0.05, 0) is 38.5 Å². The normalized spacial score (nSPS) is 11.4. The van der Waals surface area contributed by atoms with Crippen molar-refractivity contribution in [3.8, 4) is 0 Å². The number of nitrogens with one attached hydrogen (secondary N) is 1. The highest BCUT2D eigenvalue weighted by Crippen LogP contribution is 2.08. The molecule has 0 aromatic heterocycles. The summed E-state index contributed by atoms with van der Waals surface area (Å²) in [7, 11) is 0. The van der Waals surface area contributed by atoms with Crippen molar-refractivity contribution in [3.05, 3.63) is 24.3 Å². The molecule has 0 radical (unpaired) electrons. The lowest BCUT2D eigenvalue weighted by atomic mass is 10.1. The van der Waals surface area contributed by atoms with Gasteiger partial charge in [-0.3, -0.25) is 9.59 Å². The van der Waals surface area contributed by atoms with Gasteiger partial charge in [-0.2, -0.15) is 0 Å². The number of hydrogen-bond donors (Lipinski definition) is 2. The van der Waals surface area contributed by atoms with Crippen LogP contribution in [0.5, 0.6) is 0 Å². The summed E-state index contributed by atoms with van der Waals surface area (Å²) < 4.78 is 0. The smallest absolute Gasteiger partial charge is 0.322 e. The van der Waals surface area contributed by atoms with Gasteiger partial charge >= 0.3 is 5.97 Å². The standard InChI is InChI=1S/C20H35NO3/c1-2-3-4-5-6-7-8-9-10-11-12-13-14-15-16-17-19(22)21-18-20(23)24/h6-7,9-10H,2-5,8,11-18H2,1H3,(H,21,22)(H,23,24)/b7-6+,10-9+. The van der Waals surface area contributed by atoms with E-state index in [4.69, 9.17) is 5.11 Å². The van der Waals surface area contributed by atoms with Crippen LogP contribution in [0.2, 0.25) is 0 Å². The van der Waals surface area contributed by atoms with Gasteiger partial charge in [-0.15, -0.1) is 0 Å². The van der Waals surface area contributed by atoms with Crippen LogP contribution in [0.4, 0.5) is 0 Å². The molecular weight excluding hydrogens is 302 g/mol. The Kier molecular flexibility index (Phi) is 16.6. The maximum Gasteiger partial charge on any atom is 0.322 e. The molecule has 0 aliphatic rings. The number of rotatable bonds is 16. The number of carboxylic acid groups (broad SMARTS) is 1. The number of hydrogen-bond acceptors (Lipinski definition) is 2. The summed E-state index contributed by atoms with van der Waals surface area (Å²) >= 11 is 0. The van der Waals surface area contributed by atoms with Crippen molar-refractivity contribution in [1.29, 1.82) is 0 Å². The summed E-state index contributed by atoms with van der Waals surface area (Å²) in [5.74, 6) is -1.16. The molecule has 2 N–H and O–H groups in total. The third kappa shape index (κ3) is 18.5. The molecule has 1 amide bonds. The summed E-state index contributed by atoms with van der Waals surface area (Å²) in [5, 5.41) is 10.8. The van der Waals surface area contributed by atoms with Crippen molar-refractivity contribution < 1.29 is 14.7 Å². The number of carbonyl (C=O) groups is 2. The molecular formula is C20H35NO3. The molecule has 138 valence electrons. The summed E-state index contributed by atoms with van der Waals surface area (Å²) in [6.45, 7) is 1.95. The zero-order chi connectivity index (χ0) is 17.9. The molecule has 0 bridgehead atoms. The molecule has 0 rings (SSSR count). The average molecular weight is 338 g/mol. The SMILES string of the molecule is CCCCC/C=C/C/C=C/CCCCCCCC(=O)NCC(=O)O. The molecule has 0 heterocycles. The maximum atomic E-state index is 11.3. The largest absolute Gasteiger partial charge is 0.480 e. The minimum Gasteiger partial charge on any atom is -0.480 e. The van der Waals surface area contributed by atoms with Crippen molar-refractivity contribution in [2.45, 2.75) is 84.0 Å². The predicted molar refractivity (Wildman–Crippen MR) is 100 cm³/mol. The van der Waals surface area contributed by atoms with E-state index in [1.165, 1.54) is 38.5 Å². The van der Waals surface area contributed by atoms with Crippen molar-refractivity contribution in [2.24, 2.45) is 0 Å². The molecule has 0 unspecified atom stereocenters. The minimum absolute atomic E-state index is 0.164.